The van der Waals surface area contributed by atoms with Crippen molar-refractivity contribution >= 4 is 42.2 Å². The molecule has 1 saturated carbocycles. The van der Waals surface area contributed by atoms with Crippen LogP contribution in [0.1, 0.15) is 60.8 Å². The van der Waals surface area contributed by atoms with E-state index in [4.69, 9.17) is 5.41 Å². The first-order chi connectivity index (χ1) is 14.7. The standard InChI is InChI=1S/C24H27N3O3S/c1-4-5-17-10-15(2)21(16(3)11-17)22-19(28)12-24(13-20(22)29)6-8-27(9-7-24)23(30)18(25)14-26-31/h10-11,14,22,25,31H,6-9,12-13H2,1-3H3. The van der Waals surface area contributed by atoms with E-state index < -0.39 is 17.2 Å². The summed E-state index contributed by atoms with van der Waals surface area (Å²) in [7, 11) is 0. The first-order valence-corrected chi connectivity index (χ1v) is 10.8. The Balaban J connectivity index is 1.76. The van der Waals surface area contributed by atoms with Crippen LogP contribution in [-0.4, -0.2) is 47.4 Å². The van der Waals surface area contributed by atoms with Crippen LogP contribution in [0, 0.1) is 36.5 Å². The quantitative estimate of drug-likeness (QED) is 0.329. The summed E-state index contributed by atoms with van der Waals surface area (Å²) in [6.45, 7) is 6.50. The second-order valence-electron chi connectivity index (χ2n) is 8.57. The average Bonchev–Trinajstić information content (AvgIpc) is 2.70. The predicted octanol–water partition coefficient (Wildman–Crippen LogP) is 3.23. The van der Waals surface area contributed by atoms with E-state index in [1.807, 2.05) is 26.0 Å². The van der Waals surface area contributed by atoms with Crippen molar-refractivity contribution in [3.63, 3.8) is 0 Å². The van der Waals surface area contributed by atoms with Gasteiger partial charge in [0.1, 0.15) is 23.2 Å². The first kappa shape index (κ1) is 23.0. The van der Waals surface area contributed by atoms with Gasteiger partial charge in [0.25, 0.3) is 5.91 Å². The van der Waals surface area contributed by atoms with Gasteiger partial charge in [-0.25, -0.2) is 4.40 Å². The van der Waals surface area contributed by atoms with Crippen molar-refractivity contribution in [1.82, 2.24) is 4.90 Å². The van der Waals surface area contributed by atoms with Gasteiger partial charge in [-0.1, -0.05) is 5.92 Å². The minimum absolute atomic E-state index is 0.0356. The number of benzene rings is 1. The van der Waals surface area contributed by atoms with Gasteiger partial charge in [0.05, 0.1) is 6.21 Å². The number of Topliss-reactive ketones (excluding diaryl/α,β-unsaturated/α-hetero) is 2. The normalized spacial score (nSPS) is 18.9. The first-order valence-electron chi connectivity index (χ1n) is 10.4. The van der Waals surface area contributed by atoms with Gasteiger partial charge in [0.15, 0.2) is 0 Å². The molecule has 31 heavy (non-hydrogen) atoms. The van der Waals surface area contributed by atoms with Gasteiger partial charge in [0.2, 0.25) is 0 Å². The molecule has 1 aromatic carbocycles. The maximum Gasteiger partial charge on any atom is 0.273 e. The topological polar surface area (TPSA) is 90.7 Å². The van der Waals surface area contributed by atoms with E-state index in [-0.39, 0.29) is 17.3 Å². The zero-order valence-electron chi connectivity index (χ0n) is 18.1. The van der Waals surface area contributed by atoms with Crippen LogP contribution in [0.2, 0.25) is 0 Å². The van der Waals surface area contributed by atoms with E-state index in [2.05, 4.69) is 29.1 Å². The van der Waals surface area contributed by atoms with Crippen LogP contribution < -0.4 is 0 Å². The van der Waals surface area contributed by atoms with Crippen molar-refractivity contribution in [3.05, 3.63) is 34.4 Å². The van der Waals surface area contributed by atoms with Crippen molar-refractivity contribution in [2.75, 3.05) is 13.1 Å². The summed E-state index contributed by atoms with van der Waals surface area (Å²) in [5, 5.41) is 7.73. The van der Waals surface area contributed by atoms with Crippen molar-refractivity contribution in [1.29, 1.82) is 5.41 Å². The largest absolute Gasteiger partial charge is 0.337 e. The Bertz CT molecular complexity index is 997. The van der Waals surface area contributed by atoms with Gasteiger partial charge >= 0.3 is 0 Å². The molecule has 2 aliphatic rings. The SMILES string of the molecule is CC#Cc1cc(C)c(C2C(=O)CC3(CCN(C(=O)C(=N)C=NS)CC3)CC2=O)c(C)c1. The molecule has 162 valence electrons. The van der Waals surface area contributed by atoms with E-state index in [0.717, 1.165) is 28.5 Å². The summed E-state index contributed by atoms with van der Waals surface area (Å²) in [6, 6.07) is 3.88. The molecule has 1 aliphatic heterocycles. The van der Waals surface area contributed by atoms with Crippen molar-refractivity contribution in [2.45, 2.75) is 52.4 Å². The van der Waals surface area contributed by atoms with Gasteiger partial charge in [0, 0.05) is 31.5 Å². The monoisotopic (exact) mass is 437 g/mol. The van der Waals surface area contributed by atoms with Gasteiger partial charge < -0.3 is 4.90 Å². The van der Waals surface area contributed by atoms with E-state index >= 15 is 0 Å². The number of carbonyl (C=O) groups is 3. The Kier molecular flexibility index (Phi) is 6.80. The number of rotatable bonds is 3. The summed E-state index contributed by atoms with van der Waals surface area (Å²) in [4.78, 5) is 40.3. The van der Waals surface area contributed by atoms with Crippen molar-refractivity contribution in [3.8, 4) is 11.8 Å². The smallest absolute Gasteiger partial charge is 0.273 e. The van der Waals surface area contributed by atoms with Crippen LogP contribution >= 0.6 is 12.8 Å². The summed E-state index contributed by atoms with van der Waals surface area (Å²) in [5.41, 5.74) is 2.94. The van der Waals surface area contributed by atoms with Crippen molar-refractivity contribution < 1.29 is 14.4 Å². The lowest BCUT2D eigenvalue weighted by Gasteiger charge is -2.44. The minimum Gasteiger partial charge on any atom is -0.337 e. The third-order valence-corrected chi connectivity index (χ3v) is 6.54. The van der Waals surface area contributed by atoms with Gasteiger partial charge in [-0.15, -0.1) is 5.92 Å². The number of thiol groups is 1. The number of nitrogens with zero attached hydrogens (tertiary/aromatic N) is 2. The fourth-order valence-corrected chi connectivity index (χ4v) is 5.09. The molecule has 0 aromatic heterocycles. The number of amides is 1. The molecule has 1 N–H and O–H groups in total. The Morgan fingerprint density at radius 2 is 1.74 bits per heavy atom. The van der Waals surface area contributed by atoms with E-state index in [0.29, 0.717) is 38.8 Å². The molecular formula is C24H27N3O3S. The number of nitrogens with one attached hydrogen (secondary N) is 1. The second kappa shape index (κ2) is 9.19. The highest BCUT2D eigenvalue weighted by Crippen LogP contribution is 2.46. The van der Waals surface area contributed by atoms with Crippen LogP contribution in [0.25, 0.3) is 0 Å². The highest BCUT2D eigenvalue weighted by Gasteiger charge is 2.47. The summed E-state index contributed by atoms with van der Waals surface area (Å²) in [5.74, 6) is 4.73. The molecule has 1 heterocycles. The summed E-state index contributed by atoms with van der Waals surface area (Å²) < 4.78 is 3.42. The van der Waals surface area contributed by atoms with Gasteiger partial charge in [-0.2, -0.15) is 0 Å². The molecule has 6 nitrogen and oxygen atoms in total. The third kappa shape index (κ3) is 4.64. The molecule has 7 heteroatoms. The fourth-order valence-electron chi connectivity index (χ4n) is 4.97. The zero-order valence-corrected chi connectivity index (χ0v) is 19.0. The van der Waals surface area contributed by atoms with E-state index in [1.54, 1.807) is 11.8 Å². The van der Waals surface area contributed by atoms with E-state index in [1.165, 1.54) is 0 Å². The van der Waals surface area contributed by atoms with Crippen LogP contribution in [0.3, 0.4) is 0 Å². The highest BCUT2D eigenvalue weighted by molar-refractivity contribution is 7.79. The molecule has 1 aliphatic carbocycles. The number of ketones is 2. The van der Waals surface area contributed by atoms with Gasteiger partial charge in [-0.05, 0) is 80.7 Å². The molecule has 1 saturated heterocycles. The predicted molar refractivity (Wildman–Crippen MR) is 124 cm³/mol. The molecule has 0 atom stereocenters. The van der Waals surface area contributed by atoms with Crippen molar-refractivity contribution in [2.24, 2.45) is 9.81 Å². The molecule has 0 radical (unpaired) electrons. The second-order valence-corrected chi connectivity index (χ2v) is 8.80. The molecular weight excluding hydrogens is 410 g/mol. The Hall–Kier alpha value is -2.72. The summed E-state index contributed by atoms with van der Waals surface area (Å²) >= 11 is 3.66. The lowest BCUT2D eigenvalue weighted by atomic mass is 9.62. The van der Waals surface area contributed by atoms with Crippen LogP contribution in [0.5, 0.6) is 0 Å². The number of hydrogen-bond acceptors (Lipinski definition) is 6. The minimum atomic E-state index is -0.714. The molecule has 2 fully saturated rings. The number of piperidine rings is 1. The fraction of sp³-hybridized carbons (Fsp3) is 0.458. The molecule has 1 aromatic rings. The Morgan fingerprint density at radius 1 is 1.19 bits per heavy atom. The maximum atomic E-state index is 13.2. The lowest BCUT2D eigenvalue weighted by Crippen LogP contribution is -2.49. The van der Waals surface area contributed by atoms with Crippen LogP contribution in [-0.2, 0) is 14.4 Å². The Morgan fingerprint density at radius 3 is 2.23 bits per heavy atom. The van der Waals surface area contributed by atoms with Crippen LogP contribution in [0.4, 0.5) is 0 Å². The average molecular weight is 438 g/mol. The third-order valence-electron chi connectivity index (χ3n) is 6.42. The number of aryl methyl sites for hydroxylation is 2. The molecule has 0 bridgehead atoms. The summed E-state index contributed by atoms with van der Waals surface area (Å²) in [6.07, 6.45) is 2.96. The molecule has 1 spiro atoms. The van der Waals surface area contributed by atoms with E-state index in [9.17, 15) is 14.4 Å². The maximum absolute atomic E-state index is 13.2. The molecule has 1 amide bonds. The Labute approximate surface area is 188 Å². The molecule has 0 unspecified atom stereocenters. The number of carbonyl (C=O) groups excluding carboxylic acids is 3. The van der Waals surface area contributed by atoms with Gasteiger partial charge in [-0.3, -0.25) is 19.8 Å². The molecule has 3 rings (SSSR count). The highest BCUT2D eigenvalue weighted by atomic mass is 32.1. The van der Waals surface area contributed by atoms with Crippen LogP contribution in [0.15, 0.2) is 16.5 Å². The zero-order chi connectivity index (χ0) is 22.8. The lowest BCUT2D eigenvalue weighted by molar-refractivity contribution is -0.139. The number of hydrogen-bond donors (Lipinski definition) is 2. The number of likely N-dealkylation sites (tertiary alicyclic amines) is 1.